The molecule has 0 atom stereocenters. The first kappa shape index (κ1) is 10.1. The number of hydrogen-bond donors (Lipinski definition) is 0. The fourth-order valence-corrected chi connectivity index (χ4v) is 1.06. The molecule has 0 N–H and O–H groups in total. The molecule has 0 spiro atoms. The van der Waals surface area contributed by atoms with Crippen LogP contribution >= 0.6 is 0 Å². The summed E-state index contributed by atoms with van der Waals surface area (Å²) in [4.78, 5) is 2.25. The Morgan fingerprint density at radius 2 is 2.00 bits per heavy atom. The third-order valence-electron chi connectivity index (χ3n) is 1.40. The van der Waals surface area contributed by atoms with Gasteiger partial charge in [-0.2, -0.15) is 0 Å². The summed E-state index contributed by atoms with van der Waals surface area (Å²) in [5, 5.41) is 0. The first-order chi connectivity index (χ1) is 4.66. The van der Waals surface area contributed by atoms with Gasteiger partial charge in [0, 0.05) is 13.2 Å². The van der Waals surface area contributed by atoms with Gasteiger partial charge in [0.15, 0.2) is 0 Å². The third-order valence-corrected chi connectivity index (χ3v) is 2.19. The van der Waals surface area contributed by atoms with Gasteiger partial charge < -0.3 is 9.33 Å². The normalized spacial score (nSPS) is 11.4. The zero-order valence-electron chi connectivity index (χ0n) is 7.48. The Hall–Kier alpha value is 0.137. The van der Waals surface area contributed by atoms with Crippen molar-refractivity contribution in [2.75, 3.05) is 26.7 Å². The summed E-state index contributed by atoms with van der Waals surface area (Å²) in [6.45, 7) is 9.55. The van der Waals surface area contributed by atoms with Crippen LogP contribution in [0.1, 0.15) is 6.92 Å². The summed E-state index contributed by atoms with van der Waals surface area (Å²) >= 11 is 0. The molecule has 10 heavy (non-hydrogen) atoms. The second-order valence-electron chi connectivity index (χ2n) is 2.65. The molecule has 0 aromatic carbocycles. The maximum absolute atomic E-state index is 5.47. The van der Waals surface area contributed by atoms with E-state index in [0.717, 1.165) is 19.7 Å². The highest BCUT2D eigenvalue weighted by Gasteiger charge is 1.97. The second-order valence-corrected chi connectivity index (χ2v) is 4.76. The van der Waals surface area contributed by atoms with Crippen LogP contribution in [0.5, 0.6) is 0 Å². The topological polar surface area (TPSA) is 12.5 Å². The van der Waals surface area contributed by atoms with E-state index >= 15 is 0 Å². The Bertz CT molecular complexity index is 78.0. The van der Waals surface area contributed by atoms with E-state index in [2.05, 4.69) is 32.0 Å². The quantitative estimate of drug-likeness (QED) is 0.560. The molecule has 0 aromatic heterocycles. The Morgan fingerprint density at radius 3 is 2.40 bits per heavy atom. The smallest absolute Gasteiger partial charge is 0.204 e. The fourth-order valence-electron chi connectivity index (χ4n) is 0.564. The molecule has 2 nitrogen and oxygen atoms in total. The van der Waals surface area contributed by atoms with Gasteiger partial charge in [0.2, 0.25) is 9.04 Å². The maximum Gasteiger partial charge on any atom is 0.204 e. The first-order valence-corrected chi connectivity index (χ1v) is 6.19. The molecule has 0 bridgehead atoms. The zero-order valence-corrected chi connectivity index (χ0v) is 8.48. The molecular formula is C7H18NOSi. The lowest BCUT2D eigenvalue weighted by Crippen LogP contribution is -2.24. The predicted molar refractivity (Wildman–Crippen MR) is 46.6 cm³/mol. The lowest BCUT2D eigenvalue weighted by Gasteiger charge is -2.14. The minimum absolute atomic E-state index is 0.465. The van der Waals surface area contributed by atoms with Crippen molar-refractivity contribution in [3.05, 3.63) is 0 Å². The molecule has 0 heterocycles. The molecular weight excluding hydrogens is 142 g/mol. The van der Waals surface area contributed by atoms with E-state index in [1.54, 1.807) is 0 Å². The number of likely N-dealkylation sites (N-methyl/N-ethyl adjacent to an activating group) is 1. The maximum atomic E-state index is 5.47. The third kappa shape index (κ3) is 6.26. The van der Waals surface area contributed by atoms with Crippen LogP contribution in [0.4, 0.5) is 0 Å². The van der Waals surface area contributed by atoms with Gasteiger partial charge in [-0.3, -0.25) is 0 Å². The second kappa shape index (κ2) is 5.89. The van der Waals surface area contributed by atoms with Gasteiger partial charge in [0.05, 0.1) is 0 Å². The van der Waals surface area contributed by atoms with Gasteiger partial charge in [-0.25, -0.2) is 0 Å². The van der Waals surface area contributed by atoms with E-state index < -0.39 is 9.04 Å². The van der Waals surface area contributed by atoms with Gasteiger partial charge in [0.1, 0.15) is 0 Å². The highest BCUT2D eigenvalue weighted by molar-refractivity contribution is 6.48. The van der Waals surface area contributed by atoms with E-state index in [9.17, 15) is 0 Å². The van der Waals surface area contributed by atoms with E-state index in [-0.39, 0.29) is 0 Å². The van der Waals surface area contributed by atoms with Crippen molar-refractivity contribution in [2.24, 2.45) is 0 Å². The number of nitrogens with zero attached hydrogens (tertiary/aromatic N) is 1. The minimum atomic E-state index is -0.465. The summed E-state index contributed by atoms with van der Waals surface area (Å²) in [5.41, 5.74) is 0. The zero-order chi connectivity index (χ0) is 7.98. The van der Waals surface area contributed by atoms with Gasteiger partial charge in [-0.1, -0.05) is 6.92 Å². The Morgan fingerprint density at radius 1 is 1.40 bits per heavy atom. The molecule has 0 unspecified atom stereocenters. The van der Waals surface area contributed by atoms with Crippen molar-refractivity contribution < 1.29 is 4.43 Å². The fraction of sp³-hybridized carbons (Fsp3) is 1.00. The molecule has 0 amide bonds. The van der Waals surface area contributed by atoms with Crippen LogP contribution < -0.4 is 0 Å². The van der Waals surface area contributed by atoms with Crippen LogP contribution in [0.25, 0.3) is 0 Å². The molecule has 0 aliphatic rings. The molecule has 0 saturated carbocycles. The Balaban J connectivity index is 3.03. The van der Waals surface area contributed by atoms with Crippen molar-refractivity contribution >= 4 is 9.04 Å². The van der Waals surface area contributed by atoms with Crippen LogP contribution in [0, 0.1) is 0 Å². The molecule has 0 aromatic rings. The number of hydrogen-bond acceptors (Lipinski definition) is 2. The predicted octanol–water partition coefficient (Wildman–Crippen LogP) is 1.21. The highest BCUT2D eigenvalue weighted by atomic mass is 28.3. The van der Waals surface area contributed by atoms with Crippen LogP contribution in [0.3, 0.4) is 0 Å². The largest absolute Gasteiger partial charge is 0.416 e. The standard InChI is InChI=1S/C7H18NOSi/c1-5-8(2)6-7-9-10(3)4/h5-7H2,1-4H3. The molecule has 0 fully saturated rings. The molecule has 0 rings (SSSR count). The summed E-state index contributed by atoms with van der Waals surface area (Å²) in [7, 11) is 1.65. The van der Waals surface area contributed by atoms with Gasteiger partial charge in [-0.15, -0.1) is 0 Å². The van der Waals surface area contributed by atoms with Crippen LogP contribution in [-0.4, -0.2) is 40.7 Å². The van der Waals surface area contributed by atoms with Gasteiger partial charge in [0.25, 0.3) is 0 Å². The lowest BCUT2D eigenvalue weighted by molar-refractivity contribution is 0.247. The lowest BCUT2D eigenvalue weighted by atomic mass is 10.6. The van der Waals surface area contributed by atoms with E-state index in [0.29, 0.717) is 0 Å². The molecule has 3 heteroatoms. The molecule has 0 aliphatic heterocycles. The molecule has 0 saturated heterocycles. The van der Waals surface area contributed by atoms with Crippen LogP contribution in [-0.2, 0) is 4.43 Å². The van der Waals surface area contributed by atoms with Crippen molar-refractivity contribution in [2.45, 2.75) is 20.0 Å². The molecule has 0 aliphatic carbocycles. The number of rotatable bonds is 5. The summed E-state index contributed by atoms with van der Waals surface area (Å²) in [5.74, 6) is 0. The van der Waals surface area contributed by atoms with E-state index in [1.807, 2.05) is 0 Å². The van der Waals surface area contributed by atoms with Gasteiger partial charge in [-0.05, 0) is 26.7 Å². The van der Waals surface area contributed by atoms with Crippen molar-refractivity contribution in [3.8, 4) is 0 Å². The van der Waals surface area contributed by atoms with Crippen molar-refractivity contribution in [3.63, 3.8) is 0 Å². The monoisotopic (exact) mass is 160 g/mol. The van der Waals surface area contributed by atoms with Crippen LogP contribution in [0.2, 0.25) is 13.1 Å². The average Bonchev–Trinajstić information content (AvgIpc) is 1.87. The first-order valence-electron chi connectivity index (χ1n) is 3.78. The average molecular weight is 160 g/mol. The summed E-state index contributed by atoms with van der Waals surface area (Å²) in [6, 6.07) is 0. The van der Waals surface area contributed by atoms with Crippen molar-refractivity contribution in [1.29, 1.82) is 0 Å². The van der Waals surface area contributed by atoms with E-state index in [4.69, 9.17) is 4.43 Å². The highest BCUT2D eigenvalue weighted by Crippen LogP contribution is 1.85. The summed E-state index contributed by atoms with van der Waals surface area (Å²) < 4.78 is 5.47. The molecule has 61 valence electrons. The summed E-state index contributed by atoms with van der Waals surface area (Å²) in [6.07, 6.45) is 0. The van der Waals surface area contributed by atoms with Crippen molar-refractivity contribution in [1.82, 2.24) is 4.90 Å². The SMILES string of the molecule is CCN(C)CCO[Si](C)C. The minimum Gasteiger partial charge on any atom is -0.416 e. The van der Waals surface area contributed by atoms with Crippen LogP contribution in [0.15, 0.2) is 0 Å². The van der Waals surface area contributed by atoms with Gasteiger partial charge >= 0.3 is 0 Å². The Kier molecular flexibility index (Phi) is 5.97. The molecule has 1 radical (unpaired) electrons. The van der Waals surface area contributed by atoms with E-state index in [1.165, 1.54) is 0 Å². The Labute approximate surface area is 65.9 Å².